The lowest BCUT2D eigenvalue weighted by Crippen LogP contribution is -2.48. The third kappa shape index (κ3) is 3.12. The van der Waals surface area contributed by atoms with E-state index in [-0.39, 0.29) is 23.1 Å². The zero-order valence-corrected chi connectivity index (χ0v) is 14.1. The number of nitro groups is 1. The molecule has 2 saturated carbocycles. The molecule has 0 radical (unpaired) electrons. The zero-order valence-electron chi connectivity index (χ0n) is 14.1. The van der Waals surface area contributed by atoms with Crippen LogP contribution in [0.4, 0.5) is 5.69 Å². The normalized spacial score (nSPS) is 26.3. The van der Waals surface area contributed by atoms with Gasteiger partial charge in [0.15, 0.2) is 0 Å². The van der Waals surface area contributed by atoms with E-state index < -0.39 is 34.5 Å². The van der Waals surface area contributed by atoms with E-state index in [0.717, 1.165) is 19.3 Å². The van der Waals surface area contributed by atoms with Gasteiger partial charge in [0, 0.05) is 17.2 Å². The summed E-state index contributed by atoms with van der Waals surface area (Å²) in [6, 6.07) is 3.88. The Balaban J connectivity index is 1.64. The highest BCUT2D eigenvalue weighted by Crippen LogP contribution is 2.52. The number of hydrogen-bond acceptors (Lipinski definition) is 5. The van der Waals surface area contributed by atoms with Crippen molar-refractivity contribution in [2.75, 3.05) is 0 Å². The highest BCUT2D eigenvalue weighted by atomic mass is 16.6. The van der Waals surface area contributed by atoms with Gasteiger partial charge in [-0.05, 0) is 50.2 Å². The van der Waals surface area contributed by atoms with E-state index in [9.17, 15) is 29.6 Å². The minimum atomic E-state index is -0.977. The predicted molar refractivity (Wildman–Crippen MR) is 88.9 cm³/mol. The van der Waals surface area contributed by atoms with E-state index in [4.69, 9.17) is 0 Å². The van der Waals surface area contributed by atoms with Crippen molar-refractivity contribution >= 4 is 23.5 Å². The molecule has 1 aromatic rings. The highest BCUT2D eigenvalue weighted by molar-refractivity contribution is 5.96. The number of nitrogens with zero attached hydrogens (tertiary/aromatic N) is 1. The summed E-state index contributed by atoms with van der Waals surface area (Å²) < 4.78 is 0. The Morgan fingerprint density at radius 2 is 1.81 bits per heavy atom. The quantitative estimate of drug-likeness (QED) is 0.547. The largest absolute Gasteiger partial charge is 0.481 e. The van der Waals surface area contributed by atoms with Crippen LogP contribution >= 0.6 is 0 Å². The van der Waals surface area contributed by atoms with Crippen LogP contribution in [0.5, 0.6) is 0 Å². The average Bonchev–Trinajstić information content (AvgIpc) is 3.20. The first kappa shape index (κ1) is 17.8. The Labute approximate surface area is 148 Å². The second kappa shape index (κ2) is 6.74. The second-order valence-corrected chi connectivity index (χ2v) is 6.92. The number of fused-ring (bicyclic) bond motifs is 2. The Hall–Kier alpha value is -2.97. The number of nitro benzene ring substituents is 1. The average molecular weight is 361 g/mol. The number of hydrogen-bond donors (Lipinski definition) is 3. The van der Waals surface area contributed by atoms with Gasteiger partial charge in [0.25, 0.3) is 11.6 Å². The van der Waals surface area contributed by atoms with Crippen LogP contribution in [0.15, 0.2) is 18.2 Å². The number of aryl methyl sites for hydroxylation is 1. The van der Waals surface area contributed by atoms with Crippen molar-refractivity contribution < 1.29 is 24.4 Å². The molecule has 3 N–H and O–H groups in total. The van der Waals surface area contributed by atoms with E-state index >= 15 is 0 Å². The van der Waals surface area contributed by atoms with Gasteiger partial charge in [0.2, 0.25) is 5.91 Å². The van der Waals surface area contributed by atoms with Gasteiger partial charge < -0.3 is 5.11 Å². The maximum Gasteiger partial charge on any atom is 0.307 e. The van der Waals surface area contributed by atoms with Gasteiger partial charge >= 0.3 is 5.97 Å². The van der Waals surface area contributed by atoms with Gasteiger partial charge in [-0.1, -0.05) is 0 Å². The number of benzene rings is 1. The van der Waals surface area contributed by atoms with Crippen LogP contribution in [0, 0.1) is 40.7 Å². The number of aliphatic carboxylic acids is 1. The number of carbonyl (C=O) groups is 3. The van der Waals surface area contributed by atoms with Gasteiger partial charge in [-0.25, -0.2) is 0 Å². The number of carboxylic acid groups (broad SMARTS) is 1. The molecule has 2 amide bonds. The molecule has 2 aliphatic rings. The SMILES string of the molecule is Cc1cc(C(=O)NNC(=O)[C@H]2[C@H]3CC[C@@H](C3)[C@H]2C(=O)O)ccc1[N+](=O)[O-]. The number of rotatable bonds is 4. The van der Waals surface area contributed by atoms with Gasteiger partial charge in [-0.2, -0.15) is 0 Å². The minimum absolute atomic E-state index is 0.0151. The predicted octanol–water partition coefficient (Wildman–Crippen LogP) is 1.41. The van der Waals surface area contributed by atoms with E-state index in [1.54, 1.807) is 0 Å². The van der Waals surface area contributed by atoms with Crippen LogP contribution < -0.4 is 10.9 Å². The first-order valence-corrected chi connectivity index (χ1v) is 8.37. The molecule has 0 unspecified atom stereocenters. The van der Waals surface area contributed by atoms with E-state index in [1.807, 2.05) is 0 Å². The standard InChI is InChI=1S/C17H19N3O6/c1-8-6-11(4-5-12(8)20(25)26)15(21)18-19-16(22)13-9-2-3-10(7-9)14(13)17(23)24/h4-6,9-10,13-14H,2-3,7H2,1H3,(H,18,21)(H,19,22)(H,23,24)/t9-,10-,13-,14+/m0/s1. The molecule has 3 rings (SSSR count). The Morgan fingerprint density at radius 3 is 2.38 bits per heavy atom. The molecule has 0 spiro atoms. The summed E-state index contributed by atoms with van der Waals surface area (Å²) in [5.41, 5.74) is 4.97. The summed E-state index contributed by atoms with van der Waals surface area (Å²) in [5.74, 6) is -3.42. The number of hydrazine groups is 1. The van der Waals surface area contributed by atoms with E-state index in [0.29, 0.717) is 5.56 Å². The summed E-state index contributed by atoms with van der Waals surface area (Å²) in [4.78, 5) is 46.3. The zero-order chi connectivity index (χ0) is 19.0. The molecule has 0 heterocycles. The highest BCUT2D eigenvalue weighted by Gasteiger charge is 2.54. The lowest BCUT2D eigenvalue weighted by molar-refractivity contribution is -0.385. The fourth-order valence-electron chi connectivity index (χ4n) is 4.30. The molecule has 4 atom stereocenters. The number of carboxylic acids is 1. The summed E-state index contributed by atoms with van der Waals surface area (Å²) in [5, 5.41) is 20.2. The monoisotopic (exact) mass is 361 g/mol. The molecule has 2 aliphatic carbocycles. The molecular formula is C17H19N3O6. The first-order valence-electron chi connectivity index (χ1n) is 8.37. The third-order valence-corrected chi connectivity index (χ3v) is 5.46. The summed E-state index contributed by atoms with van der Waals surface area (Å²) in [6.45, 7) is 1.51. The van der Waals surface area contributed by atoms with Crippen LogP contribution in [-0.4, -0.2) is 27.8 Å². The van der Waals surface area contributed by atoms with Crippen LogP contribution in [-0.2, 0) is 9.59 Å². The van der Waals surface area contributed by atoms with E-state index in [2.05, 4.69) is 10.9 Å². The van der Waals surface area contributed by atoms with Crippen molar-refractivity contribution in [2.45, 2.75) is 26.2 Å². The summed E-state index contributed by atoms with van der Waals surface area (Å²) >= 11 is 0. The number of nitrogens with one attached hydrogen (secondary N) is 2. The summed E-state index contributed by atoms with van der Waals surface area (Å²) in [6.07, 6.45) is 2.37. The molecule has 26 heavy (non-hydrogen) atoms. The molecular weight excluding hydrogens is 342 g/mol. The molecule has 2 fully saturated rings. The van der Waals surface area contributed by atoms with Crippen molar-refractivity contribution in [2.24, 2.45) is 23.7 Å². The molecule has 0 aliphatic heterocycles. The lowest BCUT2D eigenvalue weighted by atomic mass is 9.79. The van der Waals surface area contributed by atoms with Gasteiger partial charge in [-0.3, -0.25) is 35.3 Å². The number of carbonyl (C=O) groups excluding carboxylic acids is 2. The molecule has 0 saturated heterocycles. The minimum Gasteiger partial charge on any atom is -0.481 e. The van der Waals surface area contributed by atoms with Crippen LogP contribution in [0.1, 0.15) is 35.2 Å². The van der Waals surface area contributed by atoms with Crippen LogP contribution in [0.2, 0.25) is 0 Å². The summed E-state index contributed by atoms with van der Waals surface area (Å²) in [7, 11) is 0. The Morgan fingerprint density at radius 1 is 1.15 bits per heavy atom. The van der Waals surface area contributed by atoms with Gasteiger partial charge in [-0.15, -0.1) is 0 Å². The van der Waals surface area contributed by atoms with Crippen molar-refractivity contribution in [1.82, 2.24) is 10.9 Å². The van der Waals surface area contributed by atoms with Crippen LogP contribution in [0.25, 0.3) is 0 Å². The molecule has 138 valence electrons. The molecule has 1 aromatic carbocycles. The topological polar surface area (TPSA) is 139 Å². The first-order chi connectivity index (χ1) is 12.3. The number of amides is 2. The lowest BCUT2D eigenvalue weighted by Gasteiger charge is -2.26. The molecule has 9 heteroatoms. The maximum absolute atomic E-state index is 12.4. The second-order valence-electron chi connectivity index (χ2n) is 6.92. The van der Waals surface area contributed by atoms with Crippen molar-refractivity contribution in [3.05, 3.63) is 39.4 Å². The van der Waals surface area contributed by atoms with Gasteiger partial charge in [0.1, 0.15) is 0 Å². The molecule has 2 bridgehead atoms. The van der Waals surface area contributed by atoms with Crippen molar-refractivity contribution in [3.63, 3.8) is 0 Å². The Bertz CT molecular complexity index is 793. The Kier molecular flexibility index (Phi) is 4.62. The van der Waals surface area contributed by atoms with Gasteiger partial charge in [0.05, 0.1) is 16.8 Å². The smallest absolute Gasteiger partial charge is 0.307 e. The molecule has 9 nitrogen and oxygen atoms in total. The van der Waals surface area contributed by atoms with Crippen molar-refractivity contribution in [3.8, 4) is 0 Å². The van der Waals surface area contributed by atoms with Crippen molar-refractivity contribution in [1.29, 1.82) is 0 Å². The van der Waals surface area contributed by atoms with Crippen LogP contribution in [0.3, 0.4) is 0 Å². The molecule has 0 aromatic heterocycles. The maximum atomic E-state index is 12.4. The third-order valence-electron chi connectivity index (χ3n) is 5.46. The van der Waals surface area contributed by atoms with E-state index in [1.165, 1.54) is 25.1 Å². The fraction of sp³-hybridized carbons (Fsp3) is 0.471. The fourth-order valence-corrected chi connectivity index (χ4v) is 4.30.